The minimum atomic E-state index is 0.236. The third kappa shape index (κ3) is 7.32. The smallest absolute Gasteiger partial charge is 0.128 e. The van der Waals surface area contributed by atoms with Gasteiger partial charge in [-0.1, -0.05) is 83.0 Å². The standard InChI is InChI=1S/C39H43NO3/c1-5-7-10-33(6-2)42-34-18-14-29(15-19-34)31-22-30(28-12-16-32(41)17-13-28)23-36(24-31)43-35-20-21-37-27(4)26(3)9-8-11-39(40)38(37)25-35/h8-9,11-27,33,41H,5-7,10,40H2,1-4H3/b9-8-,39-11-. The zero-order valence-electron chi connectivity index (χ0n) is 25.7. The van der Waals surface area contributed by atoms with Gasteiger partial charge in [0.1, 0.15) is 23.0 Å². The molecular weight excluding hydrogens is 530 g/mol. The molecule has 4 aromatic rings. The van der Waals surface area contributed by atoms with Crippen LogP contribution < -0.4 is 15.2 Å². The lowest BCUT2D eigenvalue weighted by atomic mass is 9.83. The van der Waals surface area contributed by atoms with E-state index in [1.165, 1.54) is 18.4 Å². The zero-order chi connectivity index (χ0) is 30.3. The number of rotatable bonds is 10. The summed E-state index contributed by atoms with van der Waals surface area (Å²) < 4.78 is 12.8. The number of fused-ring (bicyclic) bond motifs is 1. The third-order valence-electron chi connectivity index (χ3n) is 8.47. The van der Waals surface area contributed by atoms with Crippen LogP contribution in [0.2, 0.25) is 0 Å². The SMILES string of the molecule is CCCCC(CC)Oc1ccc(-c2cc(Oc3ccc4c(c3)/C(N)=C/C=C\C(C)C4C)cc(-c3ccc(O)cc3)c2)cc1. The summed E-state index contributed by atoms with van der Waals surface area (Å²) in [5.41, 5.74) is 13.5. The first kappa shape index (κ1) is 30.0. The number of unbranched alkanes of at least 4 members (excludes halogenated alkanes) is 1. The van der Waals surface area contributed by atoms with Crippen molar-refractivity contribution in [2.45, 2.75) is 65.4 Å². The van der Waals surface area contributed by atoms with Gasteiger partial charge in [0.2, 0.25) is 0 Å². The van der Waals surface area contributed by atoms with Crippen molar-refractivity contribution in [3.05, 3.63) is 114 Å². The summed E-state index contributed by atoms with van der Waals surface area (Å²) in [7, 11) is 0. The molecule has 4 aromatic carbocycles. The Labute approximate surface area is 256 Å². The Balaban J connectivity index is 1.48. The fourth-order valence-electron chi connectivity index (χ4n) is 5.60. The summed E-state index contributed by atoms with van der Waals surface area (Å²) in [5, 5.41) is 9.87. The van der Waals surface area contributed by atoms with Gasteiger partial charge in [-0.15, -0.1) is 0 Å². The molecule has 0 heterocycles. The second kappa shape index (κ2) is 13.7. The van der Waals surface area contributed by atoms with Crippen molar-refractivity contribution in [1.82, 2.24) is 0 Å². The van der Waals surface area contributed by atoms with E-state index in [4.69, 9.17) is 15.2 Å². The zero-order valence-corrected chi connectivity index (χ0v) is 25.7. The van der Waals surface area contributed by atoms with Crippen LogP contribution in [0.25, 0.3) is 28.0 Å². The number of allylic oxidation sites excluding steroid dienone is 3. The third-order valence-corrected chi connectivity index (χ3v) is 8.47. The highest BCUT2D eigenvalue weighted by atomic mass is 16.5. The molecule has 5 rings (SSSR count). The van der Waals surface area contributed by atoms with Gasteiger partial charge in [0.15, 0.2) is 0 Å². The molecule has 43 heavy (non-hydrogen) atoms. The van der Waals surface area contributed by atoms with Gasteiger partial charge in [-0.05, 0) is 113 Å². The lowest BCUT2D eigenvalue weighted by molar-refractivity contribution is 0.183. The summed E-state index contributed by atoms with van der Waals surface area (Å²) >= 11 is 0. The van der Waals surface area contributed by atoms with Crippen molar-refractivity contribution < 1.29 is 14.6 Å². The van der Waals surface area contributed by atoms with Gasteiger partial charge in [0.05, 0.1) is 6.10 Å². The van der Waals surface area contributed by atoms with Gasteiger partial charge in [-0.2, -0.15) is 0 Å². The van der Waals surface area contributed by atoms with E-state index >= 15 is 0 Å². The van der Waals surface area contributed by atoms with Crippen molar-refractivity contribution in [3.63, 3.8) is 0 Å². The Hall–Kier alpha value is -4.44. The highest BCUT2D eigenvalue weighted by Gasteiger charge is 2.19. The van der Waals surface area contributed by atoms with Gasteiger partial charge in [0, 0.05) is 11.3 Å². The predicted molar refractivity (Wildman–Crippen MR) is 179 cm³/mol. The molecule has 0 radical (unpaired) electrons. The maximum Gasteiger partial charge on any atom is 0.128 e. The minimum absolute atomic E-state index is 0.236. The van der Waals surface area contributed by atoms with E-state index in [0.29, 0.717) is 11.8 Å². The van der Waals surface area contributed by atoms with Gasteiger partial charge >= 0.3 is 0 Å². The molecule has 3 atom stereocenters. The molecule has 222 valence electrons. The van der Waals surface area contributed by atoms with Crippen LogP contribution in [0.5, 0.6) is 23.0 Å². The van der Waals surface area contributed by atoms with Crippen LogP contribution in [-0.2, 0) is 0 Å². The Kier molecular flexibility index (Phi) is 9.56. The fraction of sp³-hybridized carbons (Fsp3) is 0.282. The predicted octanol–water partition coefficient (Wildman–Crippen LogP) is 10.5. The molecule has 1 aliphatic carbocycles. The molecule has 0 saturated heterocycles. The summed E-state index contributed by atoms with van der Waals surface area (Å²) in [6, 6.07) is 28.0. The molecule has 0 bridgehead atoms. The van der Waals surface area contributed by atoms with Gasteiger partial charge in [-0.25, -0.2) is 0 Å². The van der Waals surface area contributed by atoms with Crippen LogP contribution in [0.1, 0.15) is 70.4 Å². The number of nitrogens with two attached hydrogens (primary N) is 1. The summed E-state index contributed by atoms with van der Waals surface area (Å²) in [6.45, 7) is 8.86. The molecule has 0 aromatic heterocycles. The van der Waals surface area contributed by atoms with E-state index in [-0.39, 0.29) is 11.9 Å². The molecule has 3 unspecified atom stereocenters. The van der Waals surface area contributed by atoms with E-state index in [2.05, 4.69) is 76.2 Å². The molecule has 0 aliphatic heterocycles. The van der Waals surface area contributed by atoms with Crippen LogP contribution in [0, 0.1) is 5.92 Å². The van der Waals surface area contributed by atoms with Crippen molar-refractivity contribution in [2.24, 2.45) is 11.7 Å². The summed E-state index contributed by atoms with van der Waals surface area (Å²) in [4.78, 5) is 0. The Morgan fingerprint density at radius 1 is 0.767 bits per heavy atom. The second-order valence-corrected chi connectivity index (χ2v) is 11.6. The number of phenolic OH excluding ortho intramolecular Hbond substituents is 1. The Bertz CT molecular complexity index is 1580. The van der Waals surface area contributed by atoms with Crippen molar-refractivity contribution in [2.75, 3.05) is 0 Å². The number of phenols is 1. The molecule has 4 heteroatoms. The average molecular weight is 574 g/mol. The van der Waals surface area contributed by atoms with Gasteiger partial charge < -0.3 is 20.3 Å². The second-order valence-electron chi connectivity index (χ2n) is 11.6. The average Bonchev–Trinajstić information content (AvgIpc) is 3.02. The summed E-state index contributed by atoms with van der Waals surface area (Å²) in [5.74, 6) is 3.32. The Morgan fingerprint density at radius 3 is 2.07 bits per heavy atom. The topological polar surface area (TPSA) is 64.7 Å². The first-order valence-corrected chi connectivity index (χ1v) is 15.5. The van der Waals surface area contributed by atoms with Crippen LogP contribution in [0.4, 0.5) is 0 Å². The van der Waals surface area contributed by atoms with E-state index in [1.54, 1.807) is 12.1 Å². The minimum Gasteiger partial charge on any atom is -0.508 e. The molecule has 0 spiro atoms. The monoisotopic (exact) mass is 573 g/mol. The van der Waals surface area contributed by atoms with E-state index < -0.39 is 0 Å². The maximum atomic E-state index is 9.87. The molecule has 0 saturated carbocycles. The molecule has 0 amide bonds. The fourth-order valence-corrected chi connectivity index (χ4v) is 5.60. The quantitative estimate of drug-likeness (QED) is 0.198. The number of benzene rings is 4. The first-order chi connectivity index (χ1) is 20.8. The number of hydrogen-bond acceptors (Lipinski definition) is 4. The first-order valence-electron chi connectivity index (χ1n) is 15.5. The highest BCUT2D eigenvalue weighted by molar-refractivity contribution is 5.76. The Morgan fingerprint density at radius 2 is 1.42 bits per heavy atom. The van der Waals surface area contributed by atoms with Crippen LogP contribution in [0.3, 0.4) is 0 Å². The lowest BCUT2D eigenvalue weighted by Crippen LogP contribution is -2.14. The molecule has 1 aliphatic rings. The number of ether oxygens (including phenoxy) is 2. The van der Waals surface area contributed by atoms with E-state index in [9.17, 15) is 5.11 Å². The number of hydrogen-bond donors (Lipinski definition) is 2. The molecule has 0 fully saturated rings. The van der Waals surface area contributed by atoms with Crippen LogP contribution >= 0.6 is 0 Å². The largest absolute Gasteiger partial charge is 0.508 e. The normalized spacial score (nSPS) is 18.8. The van der Waals surface area contributed by atoms with Crippen LogP contribution in [0.15, 0.2) is 103 Å². The molecule has 4 nitrogen and oxygen atoms in total. The van der Waals surface area contributed by atoms with Crippen LogP contribution in [-0.4, -0.2) is 11.2 Å². The van der Waals surface area contributed by atoms with E-state index in [1.807, 2.05) is 42.5 Å². The maximum absolute atomic E-state index is 9.87. The molecular formula is C39H43NO3. The summed E-state index contributed by atoms with van der Waals surface area (Å²) in [6.07, 6.45) is 10.9. The lowest BCUT2D eigenvalue weighted by Gasteiger charge is -2.23. The van der Waals surface area contributed by atoms with Gasteiger partial charge in [-0.3, -0.25) is 0 Å². The van der Waals surface area contributed by atoms with Crippen molar-refractivity contribution in [1.29, 1.82) is 0 Å². The van der Waals surface area contributed by atoms with E-state index in [0.717, 1.165) is 63.6 Å². The molecule has 3 N–H and O–H groups in total. The number of aromatic hydroxyl groups is 1. The van der Waals surface area contributed by atoms with Crippen molar-refractivity contribution >= 4 is 5.70 Å². The highest BCUT2D eigenvalue weighted by Crippen LogP contribution is 2.38. The van der Waals surface area contributed by atoms with Crippen molar-refractivity contribution in [3.8, 4) is 45.3 Å². The van der Waals surface area contributed by atoms with Gasteiger partial charge in [0.25, 0.3) is 0 Å².